The summed E-state index contributed by atoms with van der Waals surface area (Å²) in [6, 6.07) is 9.06. The van der Waals surface area contributed by atoms with Gasteiger partial charge in [-0.1, -0.05) is 34.1 Å². The highest BCUT2D eigenvalue weighted by atomic mass is 79.9. The first kappa shape index (κ1) is 23.6. The van der Waals surface area contributed by atoms with E-state index < -0.39 is 29.5 Å². The predicted molar refractivity (Wildman–Crippen MR) is 113 cm³/mol. The van der Waals surface area contributed by atoms with Crippen LogP contribution in [0.2, 0.25) is 0 Å². The molecule has 0 saturated carbocycles. The van der Waals surface area contributed by atoms with Crippen LogP contribution in [0, 0.1) is 0 Å². The molecule has 2 aliphatic rings. The van der Waals surface area contributed by atoms with E-state index in [4.69, 9.17) is 0 Å². The van der Waals surface area contributed by atoms with Gasteiger partial charge in [-0.15, -0.1) is 0 Å². The van der Waals surface area contributed by atoms with E-state index in [1.165, 1.54) is 0 Å². The number of hydrogen-bond donors (Lipinski definition) is 0. The quantitative estimate of drug-likeness (QED) is 0.395. The van der Waals surface area contributed by atoms with E-state index in [0.29, 0.717) is 13.0 Å². The Morgan fingerprint density at radius 2 is 1.47 bits per heavy atom. The first-order valence-electron chi connectivity index (χ1n) is 10.5. The van der Waals surface area contributed by atoms with Gasteiger partial charge in [0.1, 0.15) is 0 Å². The molecule has 0 aromatic heterocycles. The zero-order chi connectivity index (χ0) is 23.1. The van der Waals surface area contributed by atoms with E-state index in [1.54, 1.807) is 0 Å². The Labute approximate surface area is 191 Å². The fraction of sp³-hybridized carbons (Fsp3) is 0.478. The average Bonchev–Trinajstić information content (AvgIpc) is 3.22. The molecule has 2 heterocycles. The summed E-state index contributed by atoms with van der Waals surface area (Å²) in [5.41, 5.74) is -1.50. The molecule has 2 aromatic rings. The van der Waals surface area contributed by atoms with Gasteiger partial charge in [-0.25, -0.2) is 0 Å². The van der Waals surface area contributed by atoms with Gasteiger partial charge in [-0.05, 0) is 67.7 Å². The monoisotopic (exact) mass is 520 g/mol. The van der Waals surface area contributed by atoms with Crippen LogP contribution in [-0.2, 0) is 18.9 Å². The van der Waals surface area contributed by atoms with Crippen LogP contribution in [0.3, 0.4) is 0 Å². The Bertz CT molecular complexity index is 920. The second-order valence-corrected chi connectivity index (χ2v) is 9.37. The van der Waals surface area contributed by atoms with Crippen LogP contribution in [0.1, 0.15) is 47.6 Å². The summed E-state index contributed by atoms with van der Waals surface area (Å²) in [5, 5.41) is 0. The zero-order valence-electron chi connectivity index (χ0n) is 17.2. The first-order chi connectivity index (χ1) is 15.0. The standard InChI is InChI=1S/C23H23BrF6N2/c24-20-6-2-1-5-15(20)13-32-19(14-31-7-3-4-8-31)12-21(32)16-9-17(22(25,26)27)11-18(10-16)23(28,29)30/h1-2,5-6,9-11,19,21H,3-4,7-8,12-14H2. The van der Waals surface area contributed by atoms with Crippen molar-refractivity contribution in [3.05, 3.63) is 69.2 Å². The molecule has 0 amide bonds. The van der Waals surface area contributed by atoms with E-state index in [9.17, 15) is 26.3 Å². The van der Waals surface area contributed by atoms with Gasteiger partial charge in [-0.2, -0.15) is 26.3 Å². The number of nitrogens with zero attached hydrogens (tertiary/aromatic N) is 2. The summed E-state index contributed by atoms with van der Waals surface area (Å²) < 4.78 is 81.1. The minimum atomic E-state index is -4.85. The number of hydrogen-bond acceptors (Lipinski definition) is 2. The summed E-state index contributed by atoms with van der Waals surface area (Å²) in [4.78, 5) is 4.36. The van der Waals surface area contributed by atoms with E-state index >= 15 is 0 Å². The molecule has 32 heavy (non-hydrogen) atoms. The molecule has 0 radical (unpaired) electrons. The molecule has 2 aliphatic heterocycles. The maximum atomic E-state index is 13.4. The molecular formula is C23H23BrF6N2. The van der Waals surface area contributed by atoms with Gasteiger partial charge in [0, 0.05) is 29.6 Å². The molecule has 2 atom stereocenters. The van der Waals surface area contributed by atoms with E-state index in [2.05, 4.69) is 20.8 Å². The molecule has 2 unspecified atom stereocenters. The van der Waals surface area contributed by atoms with Crippen LogP contribution >= 0.6 is 15.9 Å². The maximum absolute atomic E-state index is 13.4. The van der Waals surface area contributed by atoms with Crippen molar-refractivity contribution in [2.75, 3.05) is 19.6 Å². The van der Waals surface area contributed by atoms with E-state index in [0.717, 1.165) is 54.6 Å². The average molecular weight is 521 g/mol. The van der Waals surface area contributed by atoms with E-state index in [1.807, 2.05) is 29.2 Å². The first-order valence-corrected chi connectivity index (χ1v) is 11.3. The van der Waals surface area contributed by atoms with Crippen LogP contribution in [0.25, 0.3) is 0 Å². The molecule has 2 nitrogen and oxygen atoms in total. The number of benzene rings is 2. The highest BCUT2D eigenvalue weighted by molar-refractivity contribution is 9.10. The van der Waals surface area contributed by atoms with Crippen LogP contribution in [0.5, 0.6) is 0 Å². The van der Waals surface area contributed by atoms with Crippen molar-refractivity contribution in [2.45, 2.75) is 50.2 Å². The lowest BCUT2D eigenvalue weighted by atomic mass is 9.84. The summed E-state index contributed by atoms with van der Waals surface area (Å²) in [6.07, 6.45) is -6.94. The molecule has 0 bridgehead atoms. The van der Waals surface area contributed by atoms with E-state index in [-0.39, 0.29) is 17.7 Å². The summed E-state index contributed by atoms with van der Waals surface area (Å²) >= 11 is 3.50. The number of likely N-dealkylation sites (tertiary alicyclic amines) is 2. The molecule has 9 heteroatoms. The smallest absolute Gasteiger partial charge is 0.302 e. The third kappa shape index (κ3) is 5.15. The third-order valence-electron chi connectivity index (χ3n) is 6.34. The van der Waals surface area contributed by atoms with Crippen LogP contribution in [0.15, 0.2) is 46.9 Å². The van der Waals surface area contributed by atoms with Crippen molar-refractivity contribution in [3.63, 3.8) is 0 Å². The van der Waals surface area contributed by atoms with Gasteiger partial charge >= 0.3 is 12.4 Å². The second-order valence-electron chi connectivity index (χ2n) is 8.52. The Morgan fingerprint density at radius 1 is 0.875 bits per heavy atom. The fourth-order valence-corrected chi connectivity index (χ4v) is 5.06. The number of rotatable bonds is 5. The SMILES string of the molecule is FC(F)(F)c1cc(C2CC(CN3CCCC3)N2Cc2ccccc2Br)cc(C(F)(F)F)c1. The Kier molecular flexibility index (Phi) is 6.62. The highest BCUT2D eigenvalue weighted by Gasteiger charge is 2.43. The zero-order valence-corrected chi connectivity index (χ0v) is 18.8. The lowest BCUT2D eigenvalue weighted by Crippen LogP contribution is -2.54. The normalized spacial score (nSPS) is 22.8. The minimum Gasteiger partial charge on any atom is -0.302 e. The van der Waals surface area contributed by atoms with Crippen molar-refractivity contribution in [1.29, 1.82) is 0 Å². The Morgan fingerprint density at radius 3 is 2.03 bits per heavy atom. The summed E-state index contributed by atoms with van der Waals surface area (Å²) in [6.45, 7) is 3.17. The van der Waals surface area contributed by atoms with Crippen molar-refractivity contribution in [2.24, 2.45) is 0 Å². The molecular weight excluding hydrogens is 498 g/mol. The summed E-state index contributed by atoms with van der Waals surface area (Å²) in [5.74, 6) is 0. The fourth-order valence-electron chi connectivity index (χ4n) is 4.65. The molecule has 2 saturated heterocycles. The van der Waals surface area contributed by atoms with Gasteiger partial charge in [0.15, 0.2) is 0 Å². The highest BCUT2D eigenvalue weighted by Crippen LogP contribution is 2.45. The van der Waals surface area contributed by atoms with Gasteiger partial charge in [0.2, 0.25) is 0 Å². The second kappa shape index (κ2) is 8.99. The Hall–Kier alpha value is -1.58. The predicted octanol–water partition coefficient (Wildman–Crippen LogP) is 6.90. The molecule has 4 rings (SSSR count). The largest absolute Gasteiger partial charge is 0.416 e. The van der Waals surface area contributed by atoms with Gasteiger partial charge in [-0.3, -0.25) is 4.90 Å². The van der Waals surface area contributed by atoms with Crippen LogP contribution in [-0.4, -0.2) is 35.5 Å². The maximum Gasteiger partial charge on any atom is 0.416 e. The molecule has 2 fully saturated rings. The number of alkyl halides is 6. The minimum absolute atomic E-state index is 0.0666. The summed E-state index contributed by atoms with van der Waals surface area (Å²) in [7, 11) is 0. The lowest BCUT2D eigenvalue weighted by Gasteiger charge is -2.50. The molecule has 174 valence electrons. The third-order valence-corrected chi connectivity index (χ3v) is 7.11. The molecule has 0 aliphatic carbocycles. The molecule has 0 spiro atoms. The van der Waals surface area contributed by atoms with Gasteiger partial charge in [0.05, 0.1) is 11.1 Å². The molecule has 0 N–H and O–H groups in total. The van der Waals surface area contributed by atoms with Crippen molar-refractivity contribution in [3.8, 4) is 0 Å². The number of halogens is 7. The Balaban J connectivity index is 1.66. The van der Waals surface area contributed by atoms with Crippen LogP contribution < -0.4 is 0 Å². The van der Waals surface area contributed by atoms with Crippen molar-refractivity contribution >= 4 is 15.9 Å². The van der Waals surface area contributed by atoms with Crippen LogP contribution in [0.4, 0.5) is 26.3 Å². The van der Waals surface area contributed by atoms with Crippen molar-refractivity contribution in [1.82, 2.24) is 9.80 Å². The van der Waals surface area contributed by atoms with Gasteiger partial charge < -0.3 is 4.90 Å². The lowest BCUT2D eigenvalue weighted by molar-refractivity contribution is -0.143. The van der Waals surface area contributed by atoms with Gasteiger partial charge in [0.25, 0.3) is 0 Å². The molecule has 2 aromatic carbocycles. The van der Waals surface area contributed by atoms with Crippen molar-refractivity contribution < 1.29 is 26.3 Å². The topological polar surface area (TPSA) is 6.48 Å².